The Morgan fingerprint density at radius 2 is 2.22 bits per heavy atom. The lowest BCUT2D eigenvalue weighted by Gasteiger charge is -2.28. The number of aryl methyl sites for hydroxylation is 2. The third-order valence-electron chi connectivity index (χ3n) is 3.11. The molecule has 2 heterocycles. The molecule has 1 aromatic rings. The Balaban J connectivity index is 1.74. The van der Waals surface area contributed by atoms with Gasteiger partial charge in [-0.2, -0.15) is 5.10 Å². The molecule has 1 aromatic heterocycles. The number of β-amino-alcohol motifs (C(OH)–C–C–N with tert-alkyl or cyclic N) is 1. The van der Waals surface area contributed by atoms with Crippen molar-refractivity contribution in [1.82, 2.24) is 14.7 Å². The molecule has 0 radical (unpaired) electrons. The van der Waals surface area contributed by atoms with Gasteiger partial charge in [0.2, 0.25) is 0 Å². The van der Waals surface area contributed by atoms with Crippen LogP contribution < -0.4 is 5.32 Å². The van der Waals surface area contributed by atoms with Gasteiger partial charge in [0.05, 0.1) is 30.7 Å². The minimum Gasteiger partial charge on any atom is -0.390 e. The number of nitrogens with zero attached hydrogens (tertiary/aromatic N) is 3. The van der Waals surface area contributed by atoms with E-state index in [4.69, 9.17) is 4.74 Å². The molecule has 6 nitrogen and oxygen atoms in total. The summed E-state index contributed by atoms with van der Waals surface area (Å²) in [7, 11) is 1.89. The molecule has 6 heteroatoms. The second-order valence-corrected chi connectivity index (χ2v) is 4.75. The highest BCUT2D eigenvalue weighted by molar-refractivity contribution is 5.45. The molecule has 0 spiro atoms. The fraction of sp³-hybridized carbons (Fsp3) is 0.750. The molecule has 2 N–H and O–H groups in total. The molecular formula is C12H22N4O2. The third-order valence-corrected chi connectivity index (χ3v) is 3.11. The highest BCUT2D eigenvalue weighted by Crippen LogP contribution is 2.11. The van der Waals surface area contributed by atoms with Gasteiger partial charge in [0.1, 0.15) is 0 Å². The molecule has 0 saturated carbocycles. The summed E-state index contributed by atoms with van der Waals surface area (Å²) in [6.07, 6.45) is 1.55. The largest absolute Gasteiger partial charge is 0.390 e. The lowest BCUT2D eigenvalue weighted by atomic mass is 10.3. The zero-order valence-electron chi connectivity index (χ0n) is 11.1. The molecule has 1 atom stereocenters. The van der Waals surface area contributed by atoms with E-state index in [0.29, 0.717) is 13.1 Å². The number of ether oxygens (including phenoxy) is 1. The predicted molar refractivity (Wildman–Crippen MR) is 69.7 cm³/mol. The van der Waals surface area contributed by atoms with E-state index in [2.05, 4.69) is 15.3 Å². The lowest BCUT2D eigenvalue weighted by molar-refractivity contribution is 0.0171. The zero-order valence-corrected chi connectivity index (χ0v) is 11.1. The van der Waals surface area contributed by atoms with Crippen LogP contribution in [-0.4, -0.2) is 65.3 Å². The average molecular weight is 254 g/mol. The monoisotopic (exact) mass is 254 g/mol. The van der Waals surface area contributed by atoms with Gasteiger partial charge in [-0.05, 0) is 6.92 Å². The summed E-state index contributed by atoms with van der Waals surface area (Å²) in [6, 6.07) is 0. The van der Waals surface area contributed by atoms with Gasteiger partial charge in [0.15, 0.2) is 0 Å². The number of aliphatic hydroxyl groups excluding tert-OH is 1. The number of morpholine rings is 1. The van der Waals surface area contributed by atoms with E-state index >= 15 is 0 Å². The van der Waals surface area contributed by atoms with E-state index in [1.807, 2.05) is 20.2 Å². The van der Waals surface area contributed by atoms with Crippen LogP contribution in [0.3, 0.4) is 0 Å². The molecule has 1 aliphatic rings. The van der Waals surface area contributed by atoms with E-state index in [-0.39, 0.29) is 6.10 Å². The van der Waals surface area contributed by atoms with Crippen LogP contribution in [0.15, 0.2) is 6.20 Å². The molecule has 0 aliphatic carbocycles. The fourth-order valence-corrected chi connectivity index (χ4v) is 2.15. The first-order valence-corrected chi connectivity index (χ1v) is 6.37. The van der Waals surface area contributed by atoms with Gasteiger partial charge in [0, 0.05) is 39.4 Å². The minimum atomic E-state index is -0.372. The van der Waals surface area contributed by atoms with Gasteiger partial charge in [-0.25, -0.2) is 0 Å². The van der Waals surface area contributed by atoms with Crippen molar-refractivity contribution >= 4 is 5.69 Å². The maximum atomic E-state index is 9.99. The molecule has 1 saturated heterocycles. The van der Waals surface area contributed by atoms with Gasteiger partial charge in [-0.1, -0.05) is 0 Å². The van der Waals surface area contributed by atoms with Crippen molar-refractivity contribution in [2.45, 2.75) is 13.0 Å². The summed E-state index contributed by atoms with van der Waals surface area (Å²) in [5, 5.41) is 17.5. The van der Waals surface area contributed by atoms with Crippen LogP contribution in [0.4, 0.5) is 5.69 Å². The van der Waals surface area contributed by atoms with Crippen LogP contribution in [0.1, 0.15) is 5.69 Å². The topological polar surface area (TPSA) is 62.5 Å². The first-order valence-electron chi connectivity index (χ1n) is 6.37. The normalized spacial score (nSPS) is 18.8. The first-order chi connectivity index (χ1) is 8.65. The van der Waals surface area contributed by atoms with Crippen molar-refractivity contribution in [3.8, 4) is 0 Å². The third kappa shape index (κ3) is 3.69. The van der Waals surface area contributed by atoms with Gasteiger partial charge in [0.25, 0.3) is 0 Å². The molecule has 18 heavy (non-hydrogen) atoms. The summed E-state index contributed by atoms with van der Waals surface area (Å²) >= 11 is 0. The van der Waals surface area contributed by atoms with Crippen molar-refractivity contribution in [2.24, 2.45) is 7.05 Å². The molecule has 1 unspecified atom stereocenters. The summed E-state index contributed by atoms with van der Waals surface area (Å²) in [4.78, 5) is 2.23. The van der Waals surface area contributed by atoms with E-state index in [9.17, 15) is 5.11 Å². The van der Waals surface area contributed by atoms with Crippen LogP contribution in [-0.2, 0) is 11.8 Å². The highest BCUT2D eigenvalue weighted by atomic mass is 16.5. The van der Waals surface area contributed by atoms with Crippen molar-refractivity contribution in [2.75, 3.05) is 44.7 Å². The molecule has 1 fully saturated rings. The number of nitrogens with one attached hydrogen (secondary N) is 1. The fourth-order valence-electron chi connectivity index (χ4n) is 2.15. The number of anilines is 1. The Morgan fingerprint density at radius 1 is 1.50 bits per heavy atom. The van der Waals surface area contributed by atoms with Crippen LogP contribution in [0, 0.1) is 6.92 Å². The molecule has 0 amide bonds. The second-order valence-electron chi connectivity index (χ2n) is 4.75. The zero-order chi connectivity index (χ0) is 13.0. The van der Waals surface area contributed by atoms with E-state index < -0.39 is 0 Å². The molecule has 2 rings (SSSR count). The predicted octanol–water partition coefficient (Wildman–Crippen LogP) is -0.166. The standard InChI is InChI=1S/C12H22N4O2/c1-10-12(9-15(2)14-10)13-7-11(17)8-16-3-5-18-6-4-16/h9,11,13,17H,3-8H2,1-2H3. The van der Waals surface area contributed by atoms with Crippen molar-refractivity contribution in [1.29, 1.82) is 0 Å². The summed E-state index contributed by atoms with van der Waals surface area (Å²) < 4.78 is 7.05. The van der Waals surface area contributed by atoms with Gasteiger partial charge < -0.3 is 15.2 Å². The SMILES string of the molecule is Cc1nn(C)cc1NCC(O)CN1CCOCC1. The van der Waals surface area contributed by atoms with E-state index in [1.54, 1.807) is 4.68 Å². The summed E-state index contributed by atoms with van der Waals surface area (Å²) in [5.74, 6) is 0. The Kier molecular flexibility index (Phi) is 4.57. The molecular weight excluding hydrogens is 232 g/mol. The van der Waals surface area contributed by atoms with E-state index in [0.717, 1.165) is 37.7 Å². The maximum absolute atomic E-state index is 9.99. The quantitative estimate of drug-likeness (QED) is 0.764. The van der Waals surface area contributed by atoms with Gasteiger partial charge >= 0.3 is 0 Å². The number of rotatable bonds is 5. The molecule has 0 bridgehead atoms. The van der Waals surface area contributed by atoms with Gasteiger partial charge in [-0.15, -0.1) is 0 Å². The van der Waals surface area contributed by atoms with Gasteiger partial charge in [-0.3, -0.25) is 9.58 Å². The number of hydrogen-bond donors (Lipinski definition) is 2. The minimum absolute atomic E-state index is 0.372. The smallest absolute Gasteiger partial charge is 0.0839 e. The first kappa shape index (κ1) is 13.3. The van der Waals surface area contributed by atoms with E-state index in [1.165, 1.54) is 0 Å². The Morgan fingerprint density at radius 3 is 2.83 bits per heavy atom. The van der Waals surface area contributed by atoms with Crippen molar-refractivity contribution < 1.29 is 9.84 Å². The van der Waals surface area contributed by atoms with Crippen LogP contribution in [0.25, 0.3) is 0 Å². The molecule has 102 valence electrons. The number of aromatic nitrogens is 2. The molecule has 1 aliphatic heterocycles. The van der Waals surface area contributed by atoms with Crippen LogP contribution in [0.5, 0.6) is 0 Å². The number of aliphatic hydroxyl groups is 1. The maximum Gasteiger partial charge on any atom is 0.0839 e. The second kappa shape index (κ2) is 6.17. The van der Waals surface area contributed by atoms with Crippen LogP contribution in [0.2, 0.25) is 0 Å². The Labute approximate surface area is 108 Å². The Bertz CT molecular complexity index is 374. The average Bonchev–Trinajstić information content (AvgIpc) is 2.66. The molecule has 0 aromatic carbocycles. The Hall–Kier alpha value is -1.11. The van der Waals surface area contributed by atoms with Crippen LogP contribution >= 0.6 is 0 Å². The lowest BCUT2D eigenvalue weighted by Crippen LogP contribution is -2.42. The number of hydrogen-bond acceptors (Lipinski definition) is 5. The summed E-state index contributed by atoms with van der Waals surface area (Å²) in [6.45, 7) is 6.53. The summed E-state index contributed by atoms with van der Waals surface area (Å²) in [5.41, 5.74) is 1.94. The van der Waals surface area contributed by atoms with Crippen molar-refractivity contribution in [3.05, 3.63) is 11.9 Å². The van der Waals surface area contributed by atoms with Crippen molar-refractivity contribution in [3.63, 3.8) is 0 Å². The highest BCUT2D eigenvalue weighted by Gasteiger charge is 2.15.